The van der Waals surface area contributed by atoms with Gasteiger partial charge in [0.25, 0.3) is 0 Å². The SMILES string of the molecule is CC(C)c1ncc[c-]c1N=C[CH]=[W]. The topological polar surface area (TPSA) is 25.2 Å². The Kier molecular flexibility index (Phi) is 4.17. The third kappa shape index (κ3) is 2.96. The molecule has 1 rings (SSSR count). The Bertz CT molecular complexity index is 318. The molecule has 0 aliphatic rings. The second kappa shape index (κ2) is 5.18. The summed E-state index contributed by atoms with van der Waals surface area (Å²) in [6, 6.07) is 4.87. The summed E-state index contributed by atoms with van der Waals surface area (Å²) >= 11 is 1.40. The molecule has 1 aromatic heterocycles. The first kappa shape index (κ1) is 10.5. The number of aromatic nitrogens is 1. The van der Waals surface area contributed by atoms with E-state index >= 15 is 0 Å². The van der Waals surface area contributed by atoms with Gasteiger partial charge in [-0.15, -0.1) is 0 Å². The summed E-state index contributed by atoms with van der Waals surface area (Å²) in [7, 11) is 0. The quantitative estimate of drug-likeness (QED) is 0.609. The maximum atomic E-state index is 4.28. The van der Waals surface area contributed by atoms with Gasteiger partial charge in [0.15, 0.2) is 0 Å². The average Bonchev–Trinajstić information content (AvgIpc) is 2.15. The number of rotatable bonds is 3. The summed E-state index contributed by atoms with van der Waals surface area (Å²) < 4.78 is 1.98. The molecule has 0 radical (unpaired) electrons. The van der Waals surface area contributed by atoms with Gasteiger partial charge >= 0.3 is 89.4 Å². The summed E-state index contributed by atoms with van der Waals surface area (Å²) in [4.78, 5) is 8.55. The predicted octanol–water partition coefficient (Wildman–Crippen LogP) is 2.06. The molecule has 68 valence electrons. The van der Waals surface area contributed by atoms with Crippen LogP contribution in [0.3, 0.4) is 0 Å². The van der Waals surface area contributed by atoms with Crippen LogP contribution in [0.5, 0.6) is 0 Å². The van der Waals surface area contributed by atoms with Crippen molar-refractivity contribution in [2.24, 2.45) is 4.99 Å². The van der Waals surface area contributed by atoms with Gasteiger partial charge in [-0.05, 0) is 0 Å². The van der Waals surface area contributed by atoms with Crippen LogP contribution in [-0.4, -0.2) is 15.6 Å². The van der Waals surface area contributed by atoms with E-state index in [0.717, 1.165) is 11.4 Å². The first-order valence-electron chi connectivity index (χ1n) is 4.10. The van der Waals surface area contributed by atoms with Crippen molar-refractivity contribution in [3.05, 3.63) is 24.0 Å². The Morgan fingerprint density at radius 3 is 3.00 bits per heavy atom. The van der Waals surface area contributed by atoms with Crippen molar-refractivity contribution in [3.63, 3.8) is 0 Å². The van der Waals surface area contributed by atoms with Gasteiger partial charge in [-0.2, -0.15) is 0 Å². The zero-order chi connectivity index (χ0) is 9.68. The zero-order valence-corrected chi connectivity index (χ0v) is 10.6. The first-order valence-corrected chi connectivity index (χ1v) is 5.79. The average molecular weight is 343 g/mol. The maximum absolute atomic E-state index is 4.28. The molecule has 1 aromatic rings. The van der Waals surface area contributed by atoms with E-state index in [1.54, 1.807) is 18.5 Å². The molecule has 0 aliphatic carbocycles. The fourth-order valence-corrected chi connectivity index (χ4v) is 1.22. The Hall–Kier alpha value is -0.622. The van der Waals surface area contributed by atoms with Crippen LogP contribution in [0.4, 0.5) is 5.69 Å². The molecule has 0 saturated carbocycles. The van der Waals surface area contributed by atoms with Crippen LogP contribution in [0.15, 0.2) is 17.3 Å². The monoisotopic (exact) mass is 343 g/mol. The van der Waals surface area contributed by atoms with E-state index < -0.39 is 0 Å². The second-order valence-electron chi connectivity index (χ2n) is 2.89. The van der Waals surface area contributed by atoms with E-state index in [2.05, 4.69) is 29.9 Å². The van der Waals surface area contributed by atoms with E-state index in [1.165, 1.54) is 19.4 Å². The van der Waals surface area contributed by atoms with Crippen molar-refractivity contribution >= 4 is 16.3 Å². The molecule has 0 spiro atoms. The van der Waals surface area contributed by atoms with Crippen LogP contribution < -0.4 is 0 Å². The van der Waals surface area contributed by atoms with Crippen molar-refractivity contribution < 1.29 is 19.4 Å². The zero-order valence-electron chi connectivity index (χ0n) is 7.69. The van der Waals surface area contributed by atoms with Gasteiger partial charge in [0.05, 0.1) is 0 Å². The molecule has 13 heavy (non-hydrogen) atoms. The summed E-state index contributed by atoms with van der Waals surface area (Å²) in [6.45, 7) is 4.21. The molecule has 3 heteroatoms. The van der Waals surface area contributed by atoms with Gasteiger partial charge < -0.3 is 0 Å². The normalized spacial score (nSPS) is 11.0. The summed E-state index contributed by atoms with van der Waals surface area (Å²) in [5, 5.41) is 0. The molecule has 0 saturated heterocycles. The first-order chi connectivity index (χ1) is 6.25. The van der Waals surface area contributed by atoms with E-state index in [1.807, 2.05) is 4.40 Å². The van der Waals surface area contributed by atoms with E-state index in [4.69, 9.17) is 0 Å². The van der Waals surface area contributed by atoms with E-state index in [0.29, 0.717) is 5.92 Å². The van der Waals surface area contributed by atoms with Crippen molar-refractivity contribution in [2.75, 3.05) is 0 Å². The third-order valence-corrected chi connectivity index (χ3v) is 2.00. The van der Waals surface area contributed by atoms with Crippen molar-refractivity contribution in [3.8, 4) is 0 Å². The van der Waals surface area contributed by atoms with Gasteiger partial charge in [-0.3, -0.25) is 0 Å². The van der Waals surface area contributed by atoms with Gasteiger partial charge in [0.1, 0.15) is 0 Å². The predicted molar refractivity (Wildman–Crippen MR) is 51.4 cm³/mol. The minimum atomic E-state index is 0.397. The standard InChI is InChI=1S/C10H11N2.W/c1-4-11-9-6-5-7-12-10(9)8(2)3;/h1,4-5,7-8H,2-3H3;/q-1;. The van der Waals surface area contributed by atoms with E-state index in [9.17, 15) is 0 Å². The number of nitrogens with zero attached hydrogens (tertiary/aromatic N) is 2. The molecule has 0 aliphatic heterocycles. The molecular weight excluding hydrogens is 332 g/mol. The Morgan fingerprint density at radius 1 is 1.62 bits per heavy atom. The summed E-state index contributed by atoms with van der Waals surface area (Å²) in [5.41, 5.74) is 1.87. The van der Waals surface area contributed by atoms with Crippen LogP contribution in [0.1, 0.15) is 25.5 Å². The van der Waals surface area contributed by atoms with Crippen LogP contribution in [0.25, 0.3) is 0 Å². The fourth-order valence-electron chi connectivity index (χ4n) is 1.000. The molecule has 0 bridgehead atoms. The molecule has 0 N–H and O–H groups in total. The van der Waals surface area contributed by atoms with Crippen LogP contribution in [0.2, 0.25) is 0 Å². The summed E-state index contributed by atoms with van der Waals surface area (Å²) in [6.07, 6.45) is 3.56. The van der Waals surface area contributed by atoms with Crippen molar-refractivity contribution in [1.29, 1.82) is 0 Å². The van der Waals surface area contributed by atoms with Crippen LogP contribution in [-0.2, 0) is 19.4 Å². The molecule has 1 heterocycles. The number of hydrogen-bond donors (Lipinski definition) is 0. The number of aliphatic imine (C=N–C) groups is 1. The number of hydrogen-bond acceptors (Lipinski definition) is 2. The Balaban J connectivity index is 3.04. The van der Waals surface area contributed by atoms with E-state index in [-0.39, 0.29) is 0 Å². The van der Waals surface area contributed by atoms with Crippen LogP contribution >= 0.6 is 0 Å². The fraction of sp³-hybridized carbons (Fsp3) is 0.300. The number of pyridine rings is 1. The second-order valence-corrected chi connectivity index (χ2v) is 3.87. The summed E-state index contributed by atoms with van der Waals surface area (Å²) in [5.74, 6) is 0.397. The van der Waals surface area contributed by atoms with Crippen molar-refractivity contribution in [1.82, 2.24) is 4.98 Å². The molecular formula is C10H11N2W-. The molecule has 0 aromatic carbocycles. The molecule has 0 atom stereocenters. The minimum absolute atomic E-state index is 0.397. The van der Waals surface area contributed by atoms with Crippen LogP contribution in [0, 0.1) is 6.07 Å². The van der Waals surface area contributed by atoms with Gasteiger partial charge in [-0.25, -0.2) is 0 Å². The Labute approximate surface area is 89.5 Å². The van der Waals surface area contributed by atoms with Gasteiger partial charge in [0, 0.05) is 0 Å². The van der Waals surface area contributed by atoms with Crippen molar-refractivity contribution in [2.45, 2.75) is 19.8 Å². The van der Waals surface area contributed by atoms with Gasteiger partial charge in [0.2, 0.25) is 0 Å². The molecule has 0 unspecified atom stereocenters. The Morgan fingerprint density at radius 2 is 2.38 bits per heavy atom. The molecule has 0 fully saturated rings. The third-order valence-electron chi connectivity index (χ3n) is 1.56. The van der Waals surface area contributed by atoms with Gasteiger partial charge in [-0.1, -0.05) is 0 Å². The molecule has 2 nitrogen and oxygen atoms in total. The molecule has 0 amide bonds.